The molecule has 0 radical (unpaired) electrons. The largest absolute Gasteiger partial charge is 0.493 e. The van der Waals surface area contributed by atoms with Crippen LogP contribution < -0.4 is 19.8 Å². The first kappa shape index (κ1) is 24.7. The summed E-state index contributed by atoms with van der Waals surface area (Å²) in [5, 5.41) is 4.98. The molecule has 5 aromatic rings. The van der Waals surface area contributed by atoms with Gasteiger partial charge in [0.2, 0.25) is 5.75 Å². The monoisotopic (exact) mass is 509 g/mol. The van der Waals surface area contributed by atoms with E-state index in [2.05, 4.69) is 5.10 Å². The minimum atomic E-state index is -0.316. The molecular formula is C30H24FN3O4. The molecule has 190 valence electrons. The van der Waals surface area contributed by atoms with Gasteiger partial charge >= 0.3 is 0 Å². The summed E-state index contributed by atoms with van der Waals surface area (Å²) >= 11 is 0. The Balaban J connectivity index is 1.53. The van der Waals surface area contributed by atoms with Crippen LogP contribution in [0.1, 0.15) is 11.1 Å². The number of fused-ring (bicyclic) bond motifs is 1. The van der Waals surface area contributed by atoms with E-state index in [1.807, 2.05) is 36.4 Å². The second-order valence-electron chi connectivity index (χ2n) is 8.35. The summed E-state index contributed by atoms with van der Waals surface area (Å²) in [6, 6.07) is 26.1. The molecule has 0 saturated heterocycles. The lowest BCUT2D eigenvalue weighted by atomic mass is 10.2. The van der Waals surface area contributed by atoms with Gasteiger partial charge in [-0.1, -0.05) is 54.6 Å². The Hall–Kier alpha value is -4.98. The minimum Gasteiger partial charge on any atom is -0.493 e. The fourth-order valence-corrected chi connectivity index (χ4v) is 3.98. The van der Waals surface area contributed by atoms with Gasteiger partial charge < -0.3 is 14.2 Å². The van der Waals surface area contributed by atoms with E-state index in [-0.39, 0.29) is 18.0 Å². The average molecular weight is 510 g/mol. The van der Waals surface area contributed by atoms with Gasteiger partial charge in [0.05, 0.1) is 31.3 Å². The standard InChI is InChI=1S/C30H24FN3O4/c1-36-26-16-21(17-27(37-2)28(26)38-19-20-12-14-23(31)15-13-20)18-32-34-29(22-8-4-3-5-9-22)33-25-11-7-6-10-24(25)30(34)35/h3-18H,19H2,1-2H3. The topological polar surface area (TPSA) is 74.9 Å². The number of nitrogens with zero attached hydrogens (tertiary/aromatic N) is 3. The van der Waals surface area contributed by atoms with Crippen molar-refractivity contribution < 1.29 is 18.6 Å². The maximum absolute atomic E-state index is 13.4. The van der Waals surface area contributed by atoms with Crippen LogP contribution in [0.25, 0.3) is 22.3 Å². The van der Waals surface area contributed by atoms with Crippen LogP contribution in [0.3, 0.4) is 0 Å². The Kier molecular flexibility index (Phi) is 7.13. The summed E-state index contributed by atoms with van der Waals surface area (Å²) in [6.07, 6.45) is 1.54. The molecule has 0 amide bonds. The molecule has 7 nitrogen and oxygen atoms in total. The molecule has 4 aromatic carbocycles. The third-order valence-corrected chi connectivity index (χ3v) is 5.89. The molecule has 0 saturated carbocycles. The zero-order chi connectivity index (χ0) is 26.5. The van der Waals surface area contributed by atoms with Gasteiger partial charge in [0.1, 0.15) is 12.4 Å². The molecule has 0 unspecified atom stereocenters. The van der Waals surface area contributed by atoms with Crippen molar-refractivity contribution in [2.45, 2.75) is 6.61 Å². The van der Waals surface area contributed by atoms with Gasteiger partial charge in [-0.15, -0.1) is 0 Å². The maximum atomic E-state index is 13.4. The van der Waals surface area contributed by atoms with Crippen LogP contribution in [-0.4, -0.2) is 30.1 Å². The van der Waals surface area contributed by atoms with Crippen molar-refractivity contribution in [3.8, 4) is 28.6 Å². The van der Waals surface area contributed by atoms with Gasteiger partial charge in [0, 0.05) is 11.1 Å². The number of ether oxygens (including phenoxy) is 3. The molecule has 5 rings (SSSR count). The molecule has 0 fully saturated rings. The lowest BCUT2D eigenvalue weighted by molar-refractivity contribution is 0.266. The summed E-state index contributed by atoms with van der Waals surface area (Å²) in [7, 11) is 3.04. The second kappa shape index (κ2) is 11.0. The Morgan fingerprint density at radius 2 is 1.55 bits per heavy atom. The van der Waals surface area contributed by atoms with E-state index in [4.69, 9.17) is 19.2 Å². The van der Waals surface area contributed by atoms with E-state index >= 15 is 0 Å². The zero-order valence-electron chi connectivity index (χ0n) is 20.8. The lowest BCUT2D eigenvalue weighted by Crippen LogP contribution is -2.20. The molecule has 38 heavy (non-hydrogen) atoms. The van der Waals surface area contributed by atoms with E-state index in [0.29, 0.717) is 39.5 Å². The van der Waals surface area contributed by atoms with Crippen LogP contribution in [0.15, 0.2) is 101 Å². The van der Waals surface area contributed by atoms with E-state index < -0.39 is 0 Å². The zero-order valence-corrected chi connectivity index (χ0v) is 20.8. The Morgan fingerprint density at radius 1 is 0.895 bits per heavy atom. The average Bonchev–Trinajstić information content (AvgIpc) is 2.96. The summed E-state index contributed by atoms with van der Waals surface area (Å²) in [5.74, 6) is 1.33. The second-order valence-corrected chi connectivity index (χ2v) is 8.35. The van der Waals surface area contributed by atoms with Crippen LogP contribution in [0.4, 0.5) is 4.39 Å². The number of halogens is 1. The maximum Gasteiger partial charge on any atom is 0.282 e. The molecule has 0 bridgehead atoms. The highest BCUT2D eigenvalue weighted by Gasteiger charge is 2.15. The first-order valence-corrected chi connectivity index (χ1v) is 11.8. The van der Waals surface area contributed by atoms with E-state index in [9.17, 15) is 9.18 Å². The normalized spacial score (nSPS) is 11.1. The molecular weight excluding hydrogens is 485 g/mol. The summed E-state index contributed by atoms with van der Waals surface area (Å²) in [4.78, 5) is 18.1. The quantitative estimate of drug-likeness (QED) is 0.252. The third-order valence-electron chi connectivity index (χ3n) is 5.89. The van der Waals surface area contributed by atoms with E-state index in [0.717, 1.165) is 11.1 Å². The van der Waals surface area contributed by atoms with E-state index in [1.54, 1.807) is 48.7 Å². The van der Waals surface area contributed by atoms with Crippen molar-refractivity contribution >= 4 is 17.1 Å². The fourth-order valence-electron chi connectivity index (χ4n) is 3.98. The Morgan fingerprint density at radius 3 is 2.24 bits per heavy atom. The molecule has 8 heteroatoms. The predicted molar refractivity (Wildman–Crippen MR) is 145 cm³/mol. The molecule has 0 aliphatic carbocycles. The summed E-state index contributed by atoms with van der Waals surface area (Å²) in [6.45, 7) is 0.193. The fraction of sp³-hybridized carbons (Fsp3) is 0.100. The van der Waals surface area contributed by atoms with Crippen molar-refractivity contribution in [3.63, 3.8) is 0 Å². The predicted octanol–water partition coefficient (Wildman–Crippen LogP) is 5.68. The lowest BCUT2D eigenvalue weighted by Gasteiger charge is -2.15. The van der Waals surface area contributed by atoms with Crippen molar-refractivity contribution in [2.75, 3.05) is 14.2 Å². The number of rotatable bonds is 8. The van der Waals surface area contributed by atoms with Crippen molar-refractivity contribution in [2.24, 2.45) is 5.10 Å². The van der Waals surface area contributed by atoms with Crippen molar-refractivity contribution in [1.82, 2.24) is 9.66 Å². The SMILES string of the molecule is COc1cc(C=Nn2c(-c3ccccc3)nc3ccccc3c2=O)cc(OC)c1OCc1ccc(F)cc1. The van der Waals surface area contributed by atoms with Crippen LogP contribution in [-0.2, 0) is 6.61 Å². The van der Waals surface area contributed by atoms with Gasteiger partial charge in [0.15, 0.2) is 17.3 Å². The molecule has 0 atom stereocenters. The number of hydrogen-bond donors (Lipinski definition) is 0. The Bertz CT molecular complexity index is 1640. The van der Waals surface area contributed by atoms with Crippen LogP contribution in [0, 0.1) is 5.82 Å². The molecule has 0 N–H and O–H groups in total. The molecule has 0 spiro atoms. The van der Waals surface area contributed by atoms with Crippen LogP contribution >= 0.6 is 0 Å². The van der Waals surface area contributed by atoms with Crippen LogP contribution in [0.5, 0.6) is 17.2 Å². The van der Waals surface area contributed by atoms with Crippen LogP contribution in [0.2, 0.25) is 0 Å². The van der Waals surface area contributed by atoms with Gasteiger partial charge in [-0.25, -0.2) is 9.37 Å². The molecule has 0 aliphatic rings. The smallest absolute Gasteiger partial charge is 0.282 e. The molecule has 1 heterocycles. The molecule has 1 aromatic heterocycles. The van der Waals surface area contributed by atoms with Crippen molar-refractivity contribution in [3.05, 3.63) is 118 Å². The summed E-state index contributed by atoms with van der Waals surface area (Å²) in [5.41, 5.74) is 2.47. The highest BCUT2D eigenvalue weighted by atomic mass is 19.1. The number of methoxy groups -OCH3 is 2. The van der Waals surface area contributed by atoms with Gasteiger partial charge in [-0.3, -0.25) is 4.79 Å². The Labute approximate surface area is 218 Å². The third kappa shape index (κ3) is 5.10. The summed E-state index contributed by atoms with van der Waals surface area (Å²) < 4.78 is 31.6. The first-order chi connectivity index (χ1) is 18.6. The first-order valence-electron chi connectivity index (χ1n) is 11.8. The van der Waals surface area contributed by atoms with Gasteiger partial charge in [-0.2, -0.15) is 9.78 Å². The minimum absolute atomic E-state index is 0.193. The number of benzene rings is 4. The van der Waals surface area contributed by atoms with E-state index in [1.165, 1.54) is 31.0 Å². The highest BCUT2D eigenvalue weighted by molar-refractivity contribution is 5.83. The van der Waals surface area contributed by atoms with Gasteiger partial charge in [0.25, 0.3) is 5.56 Å². The van der Waals surface area contributed by atoms with Gasteiger partial charge in [-0.05, 0) is 42.0 Å². The number of hydrogen-bond acceptors (Lipinski definition) is 6. The number of aromatic nitrogens is 2. The number of para-hydroxylation sites is 1. The highest BCUT2D eigenvalue weighted by Crippen LogP contribution is 2.38. The van der Waals surface area contributed by atoms with Crippen molar-refractivity contribution in [1.29, 1.82) is 0 Å². The molecule has 0 aliphatic heterocycles.